The van der Waals surface area contributed by atoms with Crippen molar-refractivity contribution in [1.82, 2.24) is 30.0 Å². The zero-order valence-corrected chi connectivity index (χ0v) is 16.8. The molecule has 5 rings (SSSR count). The van der Waals surface area contributed by atoms with Crippen LogP contribution in [0.15, 0.2) is 42.7 Å². The Kier molecular flexibility index (Phi) is 5.04. The SMILES string of the molecule is Fc1ccc2nc(-c3[nH]ncc3CN3CCN(c4ccc(C(F)(F)F)cn4)CC3)[nH]c2c1. The number of hydrogen-bond acceptors (Lipinski definition) is 5. The van der Waals surface area contributed by atoms with Gasteiger partial charge in [0.15, 0.2) is 5.82 Å². The first-order chi connectivity index (χ1) is 15.4. The first-order valence-electron chi connectivity index (χ1n) is 10.1. The summed E-state index contributed by atoms with van der Waals surface area (Å²) < 4.78 is 51.7. The molecule has 1 aliphatic rings. The van der Waals surface area contributed by atoms with Gasteiger partial charge < -0.3 is 9.88 Å². The van der Waals surface area contributed by atoms with E-state index in [-0.39, 0.29) is 5.82 Å². The van der Waals surface area contributed by atoms with Crippen molar-refractivity contribution in [2.45, 2.75) is 12.7 Å². The number of imidazole rings is 1. The maximum atomic E-state index is 13.5. The van der Waals surface area contributed by atoms with E-state index in [1.54, 1.807) is 12.3 Å². The molecule has 32 heavy (non-hydrogen) atoms. The molecule has 0 atom stereocenters. The third kappa shape index (κ3) is 4.03. The molecule has 1 saturated heterocycles. The fraction of sp³-hybridized carbons (Fsp3) is 0.286. The maximum Gasteiger partial charge on any atom is 0.417 e. The normalized spacial score (nSPS) is 15.6. The van der Waals surface area contributed by atoms with Crippen molar-refractivity contribution in [3.63, 3.8) is 0 Å². The zero-order chi connectivity index (χ0) is 22.3. The largest absolute Gasteiger partial charge is 0.417 e. The van der Waals surface area contributed by atoms with E-state index >= 15 is 0 Å². The van der Waals surface area contributed by atoms with E-state index in [4.69, 9.17) is 0 Å². The average Bonchev–Trinajstić information content (AvgIpc) is 3.40. The second-order valence-corrected chi connectivity index (χ2v) is 7.68. The number of H-pyrrole nitrogens is 2. The quantitative estimate of drug-likeness (QED) is 0.467. The van der Waals surface area contributed by atoms with Gasteiger partial charge in [0, 0.05) is 44.5 Å². The topological polar surface area (TPSA) is 76.7 Å². The number of nitrogens with one attached hydrogen (secondary N) is 2. The molecule has 4 heterocycles. The van der Waals surface area contributed by atoms with E-state index < -0.39 is 11.7 Å². The van der Waals surface area contributed by atoms with Crippen LogP contribution in [0.1, 0.15) is 11.1 Å². The van der Waals surface area contributed by atoms with Crippen molar-refractivity contribution < 1.29 is 17.6 Å². The second kappa shape index (κ2) is 7.90. The van der Waals surface area contributed by atoms with Crippen LogP contribution in [-0.4, -0.2) is 56.2 Å². The lowest BCUT2D eigenvalue weighted by molar-refractivity contribution is -0.137. The van der Waals surface area contributed by atoms with Gasteiger partial charge in [-0.15, -0.1) is 0 Å². The molecular weight excluding hydrogens is 426 g/mol. The first kappa shape index (κ1) is 20.4. The highest BCUT2D eigenvalue weighted by Gasteiger charge is 2.31. The molecule has 2 N–H and O–H groups in total. The lowest BCUT2D eigenvalue weighted by Crippen LogP contribution is -2.46. The van der Waals surface area contributed by atoms with Gasteiger partial charge >= 0.3 is 6.18 Å². The molecule has 0 amide bonds. The van der Waals surface area contributed by atoms with Crippen LogP contribution < -0.4 is 4.90 Å². The summed E-state index contributed by atoms with van der Waals surface area (Å²) in [6, 6.07) is 6.86. The van der Waals surface area contributed by atoms with E-state index in [0.29, 0.717) is 42.3 Å². The number of aromatic nitrogens is 5. The summed E-state index contributed by atoms with van der Waals surface area (Å²) in [4.78, 5) is 15.8. The van der Waals surface area contributed by atoms with E-state index in [1.807, 2.05) is 4.90 Å². The van der Waals surface area contributed by atoms with Crippen molar-refractivity contribution in [2.24, 2.45) is 0 Å². The second-order valence-electron chi connectivity index (χ2n) is 7.68. The van der Waals surface area contributed by atoms with Crippen molar-refractivity contribution >= 4 is 16.9 Å². The number of aromatic amines is 2. The monoisotopic (exact) mass is 445 g/mol. The highest BCUT2D eigenvalue weighted by molar-refractivity contribution is 5.79. The fourth-order valence-corrected chi connectivity index (χ4v) is 3.85. The molecule has 0 radical (unpaired) electrons. The van der Waals surface area contributed by atoms with E-state index in [1.165, 1.54) is 18.2 Å². The van der Waals surface area contributed by atoms with Gasteiger partial charge in [-0.1, -0.05) is 0 Å². The van der Waals surface area contributed by atoms with Crippen molar-refractivity contribution in [2.75, 3.05) is 31.1 Å². The summed E-state index contributed by atoms with van der Waals surface area (Å²) in [7, 11) is 0. The Bertz CT molecular complexity index is 1220. The lowest BCUT2D eigenvalue weighted by Gasteiger charge is -2.35. The van der Waals surface area contributed by atoms with Gasteiger partial charge in [-0.3, -0.25) is 10.00 Å². The Balaban J connectivity index is 1.25. The Hall–Kier alpha value is -3.47. The molecule has 166 valence electrons. The molecule has 7 nitrogen and oxygen atoms in total. The van der Waals surface area contributed by atoms with Crippen LogP contribution in [0.5, 0.6) is 0 Å². The summed E-state index contributed by atoms with van der Waals surface area (Å²) >= 11 is 0. The van der Waals surface area contributed by atoms with Gasteiger partial charge in [0.25, 0.3) is 0 Å². The third-order valence-corrected chi connectivity index (χ3v) is 5.56. The van der Waals surface area contributed by atoms with Gasteiger partial charge in [-0.05, 0) is 30.3 Å². The summed E-state index contributed by atoms with van der Waals surface area (Å²) in [6.45, 7) is 3.37. The van der Waals surface area contributed by atoms with E-state index in [0.717, 1.165) is 36.6 Å². The molecule has 4 aromatic rings. The van der Waals surface area contributed by atoms with Crippen LogP contribution in [0.25, 0.3) is 22.6 Å². The minimum atomic E-state index is -4.39. The standard InChI is InChI=1S/C21H19F4N7/c22-15-2-3-16-17(9-15)29-20(28-16)19-13(10-27-30-19)12-31-5-7-32(8-6-31)18-4-1-14(11-26-18)21(23,24)25/h1-4,9-11H,5-8,12H2,(H,27,30)(H,28,29). The molecule has 1 aromatic carbocycles. The summed E-state index contributed by atoms with van der Waals surface area (Å²) in [6.07, 6.45) is -1.77. The van der Waals surface area contributed by atoms with Crippen LogP contribution in [0.3, 0.4) is 0 Å². The number of rotatable bonds is 4. The van der Waals surface area contributed by atoms with Gasteiger partial charge in [-0.2, -0.15) is 18.3 Å². The molecule has 1 fully saturated rings. The van der Waals surface area contributed by atoms with Gasteiger partial charge in [0.2, 0.25) is 0 Å². The number of pyridine rings is 1. The molecule has 0 unspecified atom stereocenters. The smallest absolute Gasteiger partial charge is 0.354 e. The minimum absolute atomic E-state index is 0.335. The maximum absolute atomic E-state index is 13.5. The number of benzene rings is 1. The highest BCUT2D eigenvalue weighted by atomic mass is 19.4. The number of piperazine rings is 1. The Labute approximate surface area is 180 Å². The number of hydrogen-bond donors (Lipinski definition) is 2. The summed E-state index contributed by atoms with van der Waals surface area (Å²) in [5.74, 6) is 0.791. The lowest BCUT2D eigenvalue weighted by atomic mass is 10.2. The number of fused-ring (bicyclic) bond motifs is 1. The molecule has 0 bridgehead atoms. The van der Waals surface area contributed by atoms with Crippen LogP contribution in [0.4, 0.5) is 23.4 Å². The number of alkyl halides is 3. The molecule has 1 aliphatic heterocycles. The van der Waals surface area contributed by atoms with Crippen molar-refractivity contribution in [1.29, 1.82) is 0 Å². The molecule has 0 spiro atoms. The number of nitrogens with zero attached hydrogens (tertiary/aromatic N) is 5. The first-order valence-corrected chi connectivity index (χ1v) is 10.1. The highest BCUT2D eigenvalue weighted by Crippen LogP contribution is 2.29. The number of halogens is 4. The molecule has 0 saturated carbocycles. The minimum Gasteiger partial charge on any atom is -0.354 e. The third-order valence-electron chi connectivity index (χ3n) is 5.56. The van der Waals surface area contributed by atoms with Crippen molar-refractivity contribution in [3.8, 4) is 11.5 Å². The molecule has 3 aromatic heterocycles. The average molecular weight is 445 g/mol. The summed E-state index contributed by atoms with van der Waals surface area (Å²) in [5, 5.41) is 7.11. The zero-order valence-electron chi connectivity index (χ0n) is 16.8. The Morgan fingerprint density at radius 1 is 1.00 bits per heavy atom. The predicted molar refractivity (Wildman–Crippen MR) is 110 cm³/mol. The summed E-state index contributed by atoms with van der Waals surface area (Å²) in [5.41, 5.74) is 2.22. The molecular formula is C21H19F4N7. The fourth-order valence-electron chi connectivity index (χ4n) is 3.85. The Morgan fingerprint density at radius 2 is 1.81 bits per heavy atom. The van der Waals surface area contributed by atoms with Gasteiger partial charge in [-0.25, -0.2) is 14.4 Å². The van der Waals surface area contributed by atoms with Crippen LogP contribution >= 0.6 is 0 Å². The molecule has 0 aliphatic carbocycles. The Morgan fingerprint density at radius 3 is 2.53 bits per heavy atom. The van der Waals surface area contributed by atoms with Crippen LogP contribution in [-0.2, 0) is 12.7 Å². The van der Waals surface area contributed by atoms with E-state index in [9.17, 15) is 17.6 Å². The predicted octanol–water partition coefficient (Wildman–Crippen LogP) is 3.83. The van der Waals surface area contributed by atoms with Crippen LogP contribution in [0.2, 0.25) is 0 Å². The van der Waals surface area contributed by atoms with Gasteiger partial charge in [0.05, 0.1) is 22.8 Å². The van der Waals surface area contributed by atoms with Crippen LogP contribution in [0, 0.1) is 5.82 Å². The van der Waals surface area contributed by atoms with Gasteiger partial charge in [0.1, 0.15) is 17.3 Å². The van der Waals surface area contributed by atoms with E-state index in [2.05, 4.69) is 30.0 Å². The number of anilines is 1. The molecule has 11 heteroatoms. The van der Waals surface area contributed by atoms with Crippen molar-refractivity contribution in [3.05, 3.63) is 59.7 Å².